The lowest BCUT2D eigenvalue weighted by Crippen LogP contribution is -2.17. The first kappa shape index (κ1) is 13.7. The lowest BCUT2D eigenvalue weighted by molar-refractivity contribution is -0.124. The first-order valence-electron chi connectivity index (χ1n) is 5.78. The molecule has 0 aromatic heterocycles. The molecule has 3 heteroatoms. The van der Waals surface area contributed by atoms with Crippen LogP contribution in [0.3, 0.4) is 0 Å². The molecule has 0 N–H and O–H groups in total. The Labute approximate surface area is 103 Å². The Morgan fingerprint density at radius 2 is 2.00 bits per heavy atom. The summed E-state index contributed by atoms with van der Waals surface area (Å²) in [5, 5.41) is 0. The second-order valence-corrected chi connectivity index (χ2v) is 4.46. The normalized spacial score (nSPS) is 10.6. The summed E-state index contributed by atoms with van der Waals surface area (Å²) in [6.45, 7) is 6.39. The van der Waals surface area contributed by atoms with Gasteiger partial charge in [-0.15, -0.1) is 0 Å². The van der Waals surface area contributed by atoms with Crippen molar-refractivity contribution in [3.8, 4) is 5.75 Å². The third-order valence-corrected chi connectivity index (χ3v) is 2.49. The molecule has 0 spiro atoms. The molecule has 94 valence electrons. The maximum absolute atomic E-state index is 11.3. The Kier molecular flexibility index (Phi) is 5.16. The summed E-state index contributed by atoms with van der Waals surface area (Å²) in [7, 11) is 1.50. The van der Waals surface area contributed by atoms with Gasteiger partial charge < -0.3 is 9.47 Å². The highest BCUT2D eigenvalue weighted by Crippen LogP contribution is 2.27. The fraction of sp³-hybridized carbons (Fsp3) is 0.500. The summed E-state index contributed by atoms with van der Waals surface area (Å²) in [6, 6.07) is 6.07. The number of benzene rings is 1. The molecule has 0 heterocycles. The lowest BCUT2D eigenvalue weighted by atomic mass is 10.0. The molecule has 1 aromatic rings. The van der Waals surface area contributed by atoms with E-state index in [1.807, 2.05) is 13.0 Å². The molecule has 0 unspecified atom stereocenters. The van der Waals surface area contributed by atoms with Gasteiger partial charge in [0, 0.05) is 7.11 Å². The molecule has 17 heavy (non-hydrogen) atoms. The molecular weight excluding hydrogens is 216 g/mol. The van der Waals surface area contributed by atoms with E-state index in [4.69, 9.17) is 9.47 Å². The van der Waals surface area contributed by atoms with Crippen molar-refractivity contribution < 1.29 is 14.3 Å². The number of Topliss-reactive ketones (excluding diaryl/α,β-unsaturated/α-hetero) is 1. The first-order valence-corrected chi connectivity index (χ1v) is 5.78. The van der Waals surface area contributed by atoms with Gasteiger partial charge >= 0.3 is 0 Å². The van der Waals surface area contributed by atoms with E-state index in [0.717, 1.165) is 16.9 Å². The number of methoxy groups -OCH3 is 1. The van der Waals surface area contributed by atoms with Crippen LogP contribution in [0.5, 0.6) is 5.75 Å². The Morgan fingerprint density at radius 3 is 2.59 bits per heavy atom. The average molecular weight is 236 g/mol. The van der Waals surface area contributed by atoms with Crippen LogP contribution in [0.2, 0.25) is 0 Å². The highest BCUT2D eigenvalue weighted by atomic mass is 16.5. The van der Waals surface area contributed by atoms with Gasteiger partial charge in [0.1, 0.15) is 19.0 Å². The molecule has 0 aliphatic rings. The summed E-state index contributed by atoms with van der Waals surface area (Å²) >= 11 is 0. The summed E-state index contributed by atoms with van der Waals surface area (Å²) < 4.78 is 10.3. The number of hydrogen-bond donors (Lipinski definition) is 0. The monoisotopic (exact) mass is 236 g/mol. The van der Waals surface area contributed by atoms with Crippen LogP contribution in [-0.4, -0.2) is 26.1 Å². The van der Waals surface area contributed by atoms with Crippen molar-refractivity contribution in [3.05, 3.63) is 29.3 Å². The number of rotatable bonds is 6. The third kappa shape index (κ3) is 4.19. The van der Waals surface area contributed by atoms with Crippen LogP contribution in [0.25, 0.3) is 0 Å². The Hall–Kier alpha value is -1.35. The lowest BCUT2D eigenvalue weighted by Gasteiger charge is -2.14. The molecule has 0 saturated carbocycles. The molecule has 0 aliphatic heterocycles. The van der Waals surface area contributed by atoms with E-state index in [1.54, 1.807) is 0 Å². The maximum Gasteiger partial charge on any atom is 0.195 e. The highest BCUT2D eigenvalue weighted by Gasteiger charge is 2.10. The summed E-state index contributed by atoms with van der Waals surface area (Å²) in [4.78, 5) is 11.3. The van der Waals surface area contributed by atoms with E-state index in [-0.39, 0.29) is 19.0 Å². The molecule has 3 nitrogen and oxygen atoms in total. The average Bonchev–Trinajstić information content (AvgIpc) is 2.26. The minimum absolute atomic E-state index is 0.0521. The quantitative estimate of drug-likeness (QED) is 0.761. The van der Waals surface area contributed by atoms with Gasteiger partial charge in [-0.1, -0.05) is 26.0 Å². The highest BCUT2D eigenvalue weighted by molar-refractivity contribution is 5.81. The smallest absolute Gasteiger partial charge is 0.195 e. The van der Waals surface area contributed by atoms with Crippen molar-refractivity contribution in [2.24, 2.45) is 0 Å². The Morgan fingerprint density at radius 1 is 1.29 bits per heavy atom. The number of carbonyl (C=O) groups is 1. The van der Waals surface area contributed by atoms with Crippen LogP contribution in [0.4, 0.5) is 0 Å². The van der Waals surface area contributed by atoms with E-state index in [1.165, 1.54) is 7.11 Å². The second kappa shape index (κ2) is 6.40. The third-order valence-electron chi connectivity index (χ3n) is 2.49. The summed E-state index contributed by atoms with van der Waals surface area (Å²) in [5.74, 6) is 1.12. The number of carbonyl (C=O) groups excluding carboxylic acids is 1. The fourth-order valence-corrected chi connectivity index (χ4v) is 1.60. The molecule has 0 fully saturated rings. The van der Waals surface area contributed by atoms with Gasteiger partial charge in [-0.25, -0.2) is 0 Å². The van der Waals surface area contributed by atoms with Crippen LogP contribution in [0, 0.1) is 6.92 Å². The molecule has 1 aromatic carbocycles. The zero-order chi connectivity index (χ0) is 12.8. The second-order valence-electron chi connectivity index (χ2n) is 4.46. The van der Waals surface area contributed by atoms with Crippen molar-refractivity contribution in [1.82, 2.24) is 0 Å². The molecule has 0 aliphatic carbocycles. The minimum Gasteiger partial charge on any atom is -0.485 e. The summed E-state index contributed by atoms with van der Waals surface area (Å²) in [6.07, 6.45) is 0. The van der Waals surface area contributed by atoms with Crippen molar-refractivity contribution in [2.45, 2.75) is 26.7 Å². The van der Waals surface area contributed by atoms with Crippen molar-refractivity contribution in [3.63, 3.8) is 0 Å². The van der Waals surface area contributed by atoms with Gasteiger partial charge in [0.25, 0.3) is 0 Å². The standard InChI is InChI=1S/C14H20O3/c1-10(2)13-6-5-11(3)7-14(13)17-9-12(15)8-16-4/h5-7,10H,8-9H2,1-4H3. The Balaban J connectivity index is 2.75. The fourth-order valence-electron chi connectivity index (χ4n) is 1.60. The van der Waals surface area contributed by atoms with Gasteiger partial charge in [-0.05, 0) is 30.0 Å². The minimum atomic E-state index is -0.0521. The number of ketones is 1. The molecule has 1 rings (SSSR count). The zero-order valence-corrected chi connectivity index (χ0v) is 10.9. The van der Waals surface area contributed by atoms with Crippen LogP contribution in [-0.2, 0) is 9.53 Å². The van der Waals surface area contributed by atoms with Crippen LogP contribution in [0.1, 0.15) is 30.9 Å². The molecule has 0 saturated heterocycles. The van der Waals surface area contributed by atoms with Crippen LogP contribution in [0.15, 0.2) is 18.2 Å². The Bertz CT molecular complexity index is 383. The van der Waals surface area contributed by atoms with Gasteiger partial charge in [0.05, 0.1) is 0 Å². The SMILES string of the molecule is COCC(=O)COc1cc(C)ccc1C(C)C. The van der Waals surface area contributed by atoms with E-state index in [0.29, 0.717) is 5.92 Å². The largest absolute Gasteiger partial charge is 0.485 e. The van der Waals surface area contributed by atoms with Crippen molar-refractivity contribution in [1.29, 1.82) is 0 Å². The van der Waals surface area contributed by atoms with Gasteiger partial charge in [0.15, 0.2) is 5.78 Å². The van der Waals surface area contributed by atoms with Crippen molar-refractivity contribution >= 4 is 5.78 Å². The number of aryl methyl sites for hydroxylation is 1. The van der Waals surface area contributed by atoms with Crippen molar-refractivity contribution in [2.75, 3.05) is 20.3 Å². The van der Waals surface area contributed by atoms with Gasteiger partial charge in [-0.3, -0.25) is 4.79 Å². The molecule has 0 amide bonds. The van der Waals surface area contributed by atoms with Gasteiger partial charge in [-0.2, -0.15) is 0 Å². The predicted molar refractivity (Wildman–Crippen MR) is 67.6 cm³/mol. The van der Waals surface area contributed by atoms with Crippen LogP contribution >= 0.6 is 0 Å². The molecule has 0 atom stereocenters. The first-order chi connectivity index (χ1) is 8.04. The van der Waals surface area contributed by atoms with Gasteiger partial charge in [0.2, 0.25) is 0 Å². The van der Waals surface area contributed by atoms with E-state index in [9.17, 15) is 4.79 Å². The van der Waals surface area contributed by atoms with E-state index < -0.39 is 0 Å². The number of ether oxygens (including phenoxy) is 2. The number of hydrogen-bond acceptors (Lipinski definition) is 3. The topological polar surface area (TPSA) is 35.5 Å². The zero-order valence-electron chi connectivity index (χ0n) is 10.9. The predicted octanol–water partition coefficient (Wildman–Crippen LogP) is 2.71. The molecule has 0 bridgehead atoms. The molecule has 0 radical (unpaired) electrons. The maximum atomic E-state index is 11.3. The summed E-state index contributed by atoms with van der Waals surface area (Å²) in [5.41, 5.74) is 2.25. The van der Waals surface area contributed by atoms with E-state index in [2.05, 4.69) is 26.0 Å². The van der Waals surface area contributed by atoms with E-state index >= 15 is 0 Å². The molecular formula is C14H20O3. The van der Waals surface area contributed by atoms with Crippen LogP contribution < -0.4 is 4.74 Å².